The van der Waals surface area contributed by atoms with Crippen LogP contribution in [0.3, 0.4) is 0 Å². The highest BCUT2D eigenvalue weighted by Gasteiger charge is 2.44. The smallest absolute Gasteiger partial charge is 0.228 e. The van der Waals surface area contributed by atoms with Crippen molar-refractivity contribution in [3.63, 3.8) is 0 Å². The third-order valence-electron chi connectivity index (χ3n) is 9.80. The molecule has 10 heteroatoms. The minimum Gasteiger partial charge on any atom is -0.506 e. The van der Waals surface area contributed by atoms with E-state index in [2.05, 4.69) is 22.5 Å². The molecule has 1 aliphatic carbocycles. The first-order valence-corrected chi connectivity index (χ1v) is 17.6. The predicted octanol–water partition coefficient (Wildman–Crippen LogP) is 7.15. The largest absolute Gasteiger partial charge is 0.506 e. The maximum Gasteiger partial charge on any atom is 0.228 e. The number of amides is 2. The number of aromatic hydroxyl groups is 1. The van der Waals surface area contributed by atoms with Gasteiger partial charge < -0.3 is 20.5 Å². The Balaban J connectivity index is 1.34. The number of halogens is 1. The van der Waals surface area contributed by atoms with Gasteiger partial charge in [-0.3, -0.25) is 24.2 Å². The molecule has 3 aliphatic rings. The molecule has 1 saturated heterocycles. The third-order valence-corrected chi connectivity index (χ3v) is 10.1. The summed E-state index contributed by atoms with van der Waals surface area (Å²) in [4.78, 5) is 45.5. The lowest BCUT2D eigenvalue weighted by Crippen LogP contribution is -2.41. The quantitative estimate of drug-likeness (QED) is 0.195. The van der Waals surface area contributed by atoms with Crippen LogP contribution < -0.4 is 20.3 Å². The van der Waals surface area contributed by atoms with Gasteiger partial charge in [0.25, 0.3) is 0 Å². The van der Waals surface area contributed by atoms with Crippen LogP contribution in [0.1, 0.15) is 76.5 Å². The molecule has 2 amide bonds. The lowest BCUT2D eigenvalue weighted by Gasteiger charge is -2.37. The van der Waals surface area contributed by atoms with Crippen LogP contribution in [-0.4, -0.2) is 53.3 Å². The second-order valence-corrected chi connectivity index (χ2v) is 14.4. The highest BCUT2D eigenvalue weighted by atomic mass is 35.5. The second-order valence-electron chi connectivity index (χ2n) is 14.0. The van der Waals surface area contributed by atoms with Gasteiger partial charge in [0.1, 0.15) is 23.8 Å². The van der Waals surface area contributed by atoms with Gasteiger partial charge in [-0.2, -0.15) is 0 Å². The number of allylic oxidation sites excluding steroid dienone is 1. The van der Waals surface area contributed by atoms with Crippen molar-refractivity contribution in [3.05, 3.63) is 94.1 Å². The second kappa shape index (κ2) is 14.6. The summed E-state index contributed by atoms with van der Waals surface area (Å²) < 4.78 is 6.04. The van der Waals surface area contributed by atoms with Crippen LogP contribution in [0.2, 0.25) is 5.02 Å². The zero-order chi connectivity index (χ0) is 34.7. The van der Waals surface area contributed by atoms with E-state index in [-0.39, 0.29) is 48.0 Å². The first kappa shape index (κ1) is 34.5. The molecule has 2 atom stereocenters. The van der Waals surface area contributed by atoms with Crippen molar-refractivity contribution in [3.8, 4) is 11.5 Å². The van der Waals surface area contributed by atoms with Crippen LogP contribution in [0, 0.1) is 5.41 Å². The molecule has 3 aromatic carbocycles. The molecule has 6 rings (SSSR count). The molecular formula is C39H45ClN4O5. The molecular weight excluding hydrogens is 640 g/mol. The molecule has 1 fully saturated rings. The normalized spacial score (nSPS) is 20.2. The van der Waals surface area contributed by atoms with Crippen LogP contribution in [0.5, 0.6) is 11.5 Å². The zero-order valence-corrected chi connectivity index (χ0v) is 29.2. The molecule has 2 heterocycles. The number of phenols is 1. The van der Waals surface area contributed by atoms with E-state index in [1.807, 2.05) is 44.2 Å². The summed E-state index contributed by atoms with van der Waals surface area (Å²) in [5, 5.41) is 17.8. The number of Topliss-reactive ketones (excluding diaryl/α,β-unsaturated/α-hetero) is 1. The number of likely N-dealkylation sites (tertiary alicyclic amines) is 1. The van der Waals surface area contributed by atoms with Crippen molar-refractivity contribution in [1.29, 1.82) is 0 Å². The average molecular weight is 685 g/mol. The molecule has 258 valence electrons. The molecule has 49 heavy (non-hydrogen) atoms. The van der Waals surface area contributed by atoms with Gasteiger partial charge >= 0.3 is 0 Å². The van der Waals surface area contributed by atoms with Crippen molar-refractivity contribution in [2.75, 3.05) is 29.9 Å². The number of carbonyl (C=O) groups is 3. The summed E-state index contributed by atoms with van der Waals surface area (Å²) in [5.74, 6) is -0.179. The maximum atomic E-state index is 14.4. The monoisotopic (exact) mass is 684 g/mol. The van der Waals surface area contributed by atoms with E-state index in [1.165, 1.54) is 4.90 Å². The Bertz CT molecular complexity index is 1760. The summed E-state index contributed by atoms with van der Waals surface area (Å²) in [7, 11) is 0. The van der Waals surface area contributed by atoms with E-state index in [0.717, 1.165) is 31.5 Å². The van der Waals surface area contributed by atoms with Gasteiger partial charge in [0.2, 0.25) is 11.8 Å². The lowest BCUT2D eigenvalue weighted by molar-refractivity contribution is -0.125. The number of rotatable bonds is 10. The lowest BCUT2D eigenvalue weighted by atomic mass is 9.73. The van der Waals surface area contributed by atoms with Crippen LogP contribution in [0.15, 0.2) is 78.0 Å². The number of ether oxygens (including phenoxy) is 1. The van der Waals surface area contributed by atoms with Crippen LogP contribution >= 0.6 is 11.6 Å². The summed E-state index contributed by atoms with van der Waals surface area (Å²) in [6.45, 7) is 9.04. The van der Waals surface area contributed by atoms with E-state index < -0.39 is 6.04 Å². The van der Waals surface area contributed by atoms with Crippen molar-refractivity contribution >= 4 is 40.6 Å². The molecule has 0 spiro atoms. The number of anilines is 2. The van der Waals surface area contributed by atoms with Crippen LogP contribution in [0.25, 0.3) is 0 Å². The van der Waals surface area contributed by atoms with Gasteiger partial charge in [0, 0.05) is 48.1 Å². The first-order chi connectivity index (χ1) is 23.5. The van der Waals surface area contributed by atoms with Gasteiger partial charge in [-0.15, -0.1) is 0 Å². The SMILES string of the molecule is CCN1CCC[C@@H]1CNC(=O)CCC(=O)N1c2cccc(O)c2NC2=C(C(=O)CC(C)(C)C2)C1c1ccc(OCc2ccccc2)cc1Cl. The number of likely N-dealkylation sites (N-methyl/N-ethyl adjacent to an activating group) is 1. The number of benzene rings is 3. The van der Waals surface area contributed by atoms with E-state index in [4.69, 9.17) is 16.3 Å². The Hall–Kier alpha value is -4.34. The van der Waals surface area contributed by atoms with E-state index in [1.54, 1.807) is 36.4 Å². The minimum atomic E-state index is -0.906. The molecule has 9 nitrogen and oxygen atoms in total. The fourth-order valence-electron chi connectivity index (χ4n) is 7.38. The number of phenolic OH excluding ortho intramolecular Hbond substituents is 1. The van der Waals surface area contributed by atoms with Crippen molar-refractivity contribution < 1.29 is 24.2 Å². The zero-order valence-electron chi connectivity index (χ0n) is 28.4. The van der Waals surface area contributed by atoms with E-state index >= 15 is 0 Å². The number of fused-ring (bicyclic) bond motifs is 1. The Morgan fingerprint density at radius 3 is 2.61 bits per heavy atom. The number of para-hydroxylation sites is 1. The Morgan fingerprint density at radius 2 is 1.86 bits per heavy atom. The fraction of sp³-hybridized carbons (Fsp3) is 0.410. The molecule has 3 aromatic rings. The highest BCUT2D eigenvalue weighted by Crippen LogP contribution is 2.51. The number of ketones is 1. The molecule has 1 unspecified atom stereocenters. The van der Waals surface area contributed by atoms with Crippen molar-refractivity contribution in [2.24, 2.45) is 5.41 Å². The average Bonchev–Trinajstić information content (AvgIpc) is 3.48. The predicted molar refractivity (Wildman–Crippen MR) is 192 cm³/mol. The molecule has 0 radical (unpaired) electrons. The summed E-state index contributed by atoms with van der Waals surface area (Å²) in [6.07, 6.45) is 2.83. The summed E-state index contributed by atoms with van der Waals surface area (Å²) in [5.41, 5.74) is 3.01. The summed E-state index contributed by atoms with van der Waals surface area (Å²) >= 11 is 7.03. The third kappa shape index (κ3) is 7.63. The van der Waals surface area contributed by atoms with Gasteiger partial charge in [-0.25, -0.2) is 0 Å². The Morgan fingerprint density at radius 1 is 1.06 bits per heavy atom. The van der Waals surface area contributed by atoms with Gasteiger partial charge in [-0.1, -0.05) is 74.8 Å². The van der Waals surface area contributed by atoms with Crippen LogP contribution in [0.4, 0.5) is 11.4 Å². The number of hydrogen-bond donors (Lipinski definition) is 3. The Labute approximate surface area is 293 Å². The number of nitrogens with one attached hydrogen (secondary N) is 2. The maximum absolute atomic E-state index is 14.4. The van der Waals surface area contributed by atoms with E-state index in [9.17, 15) is 19.5 Å². The Kier molecular flexibility index (Phi) is 10.3. The van der Waals surface area contributed by atoms with Gasteiger partial charge in [0.15, 0.2) is 5.78 Å². The van der Waals surface area contributed by atoms with Crippen molar-refractivity contribution in [1.82, 2.24) is 10.2 Å². The van der Waals surface area contributed by atoms with Crippen molar-refractivity contribution in [2.45, 2.75) is 78.0 Å². The molecule has 0 saturated carbocycles. The fourth-order valence-corrected chi connectivity index (χ4v) is 7.65. The summed E-state index contributed by atoms with van der Waals surface area (Å²) in [6, 6.07) is 19.4. The van der Waals surface area contributed by atoms with Crippen LogP contribution in [-0.2, 0) is 21.0 Å². The minimum absolute atomic E-state index is 0.0185. The number of carbonyl (C=O) groups excluding carboxylic acids is 3. The highest BCUT2D eigenvalue weighted by molar-refractivity contribution is 6.31. The standard InChI is InChI=1S/C39H45ClN4O5/c1-4-43-19-9-12-26(43)23-41-34(47)17-18-35(48)44-31-13-8-14-32(45)37(31)42-30-21-39(2,3)22-33(46)36(30)38(44)28-16-15-27(20-29(28)40)49-24-25-10-6-5-7-11-25/h5-8,10-11,13-16,20,26,38,42,45H,4,9,12,17-19,21-24H2,1-3H3,(H,41,47)/t26-,38?/m1/s1. The van der Waals surface area contributed by atoms with Gasteiger partial charge in [0.05, 0.1) is 11.7 Å². The number of hydrogen-bond acceptors (Lipinski definition) is 7. The molecule has 2 aliphatic heterocycles. The first-order valence-electron chi connectivity index (χ1n) is 17.2. The topological polar surface area (TPSA) is 111 Å². The molecule has 3 N–H and O–H groups in total. The molecule has 0 aromatic heterocycles. The van der Waals surface area contributed by atoms with E-state index in [0.29, 0.717) is 64.6 Å². The number of nitrogens with zero attached hydrogens (tertiary/aromatic N) is 2. The molecule has 0 bridgehead atoms. The van der Waals surface area contributed by atoms with Gasteiger partial charge in [-0.05, 0) is 73.2 Å².